The van der Waals surface area contributed by atoms with Crippen LogP contribution in [0.25, 0.3) is 0 Å². The standard InChI is InChI=1S/C16H20O3P.C10H16O.C6H5ClO2P/c17-20(18-15-4-2-1-3-5-15)19-16-9-12-6-13(10-16)8-14(7-12)11-16;11-10-4-7-1-8(5-10)3-9(2-7)6-10;7-10(8)9-6-4-2-1-3-5-6/h1-5,12-14H,6-11H2;7-9,11H,1-6H2;1-5H/q+1;;+1. The normalized spacial score (nSPS) is 37.7. The Labute approximate surface area is 250 Å². The van der Waals surface area contributed by atoms with E-state index in [-0.39, 0.29) is 11.2 Å². The smallest absolute Gasteiger partial charge is 0.390 e. The van der Waals surface area contributed by atoms with E-state index in [4.69, 9.17) is 20.3 Å². The van der Waals surface area contributed by atoms with Crippen molar-refractivity contribution in [2.24, 2.45) is 35.5 Å². The third-order valence-electron chi connectivity index (χ3n) is 10.1. The number of para-hydroxylation sites is 2. The quantitative estimate of drug-likeness (QED) is 0.325. The number of benzene rings is 2. The minimum Gasteiger partial charge on any atom is -0.390 e. The van der Waals surface area contributed by atoms with E-state index in [1.807, 2.05) is 36.4 Å². The Morgan fingerprint density at radius 3 is 1.34 bits per heavy atom. The van der Waals surface area contributed by atoms with Gasteiger partial charge in [0.2, 0.25) is 0 Å². The van der Waals surface area contributed by atoms with E-state index in [0.717, 1.165) is 74.0 Å². The van der Waals surface area contributed by atoms with Crippen LogP contribution in [0.2, 0.25) is 0 Å². The van der Waals surface area contributed by atoms with Crippen LogP contribution in [0.3, 0.4) is 0 Å². The highest BCUT2D eigenvalue weighted by molar-refractivity contribution is 7.70. The molecule has 0 aliphatic heterocycles. The van der Waals surface area contributed by atoms with Crippen LogP contribution >= 0.6 is 26.9 Å². The van der Waals surface area contributed by atoms with Gasteiger partial charge in [0, 0.05) is 9.13 Å². The average molecular weight is 619 g/mol. The highest BCUT2D eigenvalue weighted by Crippen LogP contribution is 2.59. The molecule has 8 fully saturated rings. The highest BCUT2D eigenvalue weighted by atomic mass is 35.7. The van der Waals surface area contributed by atoms with Gasteiger partial charge in [-0.15, -0.1) is 4.52 Å². The summed E-state index contributed by atoms with van der Waals surface area (Å²) in [5.74, 6) is 6.21. The van der Waals surface area contributed by atoms with Crippen LogP contribution in [-0.2, 0) is 13.7 Å². The van der Waals surface area contributed by atoms with E-state index in [1.54, 1.807) is 24.3 Å². The van der Waals surface area contributed by atoms with Crippen LogP contribution in [0.1, 0.15) is 77.0 Å². The Bertz CT molecular complexity index is 1140. The van der Waals surface area contributed by atoms with Gasteiger partial charge in [0.15, 0.2) is 11.5 Å². The maximum absolute atomic E-state index is 12.2. The molecule has 220 valence electrons. The lowest BCUT2D eigenvalue weighted by Crippen LogP contribution is -2.51. The topological polar surface area (TPSA) is 82.1 Å². The van der Waals surface area contributed by atoms with Crippen LogP contribution in [0, 0.1) is 35.5 Å². The first-order chi connectivity index (χ1) is 19.7. The number of halogens is 1. The molecule has 2 aromatic carbocycles. The Morgan fingerprint density at radius 1 is 0.610 bits per heavy atom. The monoisotopic (exact) mass is 618 g/mol. The molecule has 2 atom stereocenters. The molecule has 0 amide bonds. The van der Waals surface area contributed by atoms with Crippen molar-refractivity contribution in [3.63, 3.8) is 0 Å². The fourth-order valence-corrected chi connectivity index (χ4v) is 10.9. The molecule has 0 radical (unpaired) electrons. The minimum absolute atomic E-state index is 0.156. The number of rotatable bonds is 6. The number of hydrogen-bond acceptors (Lipinski definition) is 6. The lowest BCUT2D eigenvalue weighted by molar-refractivity contribution is -0.124. The van der Waals surface area contributed by atoms with Gasteiger partial charge in [-0.3, -0.25) is 0 Å². The fourth-order valence-electron chi connectivity index (χ4n) is 9.52. The Balaban J connectivity index is 0.000000122. The zero-order chi connectivity index (χ0) is 28.5. The molecular formula is C32H41ClO6P2+2. The predicted octanol–water partition coefficient (Wildman–Crippen LogP) is 9.62. The summed E-state index contributed by atoms with van der Waals surface area (Å²) in [6.07, 6.45) is 15.0. The van der Waals surface area contributed by atoms with Crippen molar-refractivity contribution in [1.82, 2.24) is 0 Å². The van der Waals surface area contributed by atoms with Gasteiger partial charge in [0.25, 0.3) is 11.2 Å². The third-order valence-corrected chi connectivity index (χ3v) is 11.6. The zero-order valence-electron chi connectivity index (χ0n) is 23.5. The van der Waals surface area contributed by atoms with E-state index in [1.165, 1.54) is 38.5 Å². The molecule has 1 N–H and O–H groups in total. The van der Waals surface area contributed by atoms with E-state index in [2.05, 4.69) is 4.52 Å². The molecule has 9 heteroatoms. The van der Waals surface area contributed by atoms with E-state index in [9.17, 15) is 14.2 Å². The SMILES string of the molecule is O=[P+](Cl)Oc1ccccc1.O=[P+](Oc1ccccc1)OC12CC3CC(CC(C3)C1)C2.OC12CC3CC(CC(C3)C1)C2. The van der Waals surface area contributed by atoms with Gasteiger partial charge in [-0.05, 0) is 137 Å². The Hall–Kier alpha value is -1.55. The molecule has 0 saturated heterocycles. The summed E-state index contributed by atoms with van der Waals surface area (Å²) in [6, 6.07) is 18.1. The molecule has 0 heterocycles. The predicted molar refractivity (Wildman–Crippen MR) is 160 cm³/mol. The lowest BCUT2D eigenvalue weighted by Gasteiger charge is -2.54. The molecule has 8 aliphatic rings. The average Bonchev–Trinajstić information content (AvgIpc) is 2.88. The summed E-state index contributed by atoms with van der Waals surface area (Å²) >= 11 is 5.10. The molecule has 41 heavy (non-hydrogen) atoms. The Kier molecular flexibility index (Phi) is 9.06. The summed E-state index contributed by atoms with van der Waals surface area (Å²) in [6.45, 7) is 0. The molecule has 0 aromatic heterocycles. The van der Waals surface area contributed by atoms with Gasteiger partial charge >= 0.3 is 15.6 Å². The van der Waals surface area contributed by atoms with Crippen LogP contribution < -0.4 is 9.05 Å². The summed E-state index contributed by atoms with van der Waals surface area (Å²) in [5.41, 5.74) is -0.355. The van der Waals surface area contributed by atoms with Crippen LogP contribution in [0.5, 0.6) is 11.5 Å². The Morgan fingerprint density at radius 2 is 0.976 bits per heavy atom. The molecule has 10 rings (SSSR count). The minimum atomic E-state index is -2.07. The maximum atomic E-state index is 12.2. The second-order valence-electron chi connectivity index (χ2n) is 13.6. The van der Waals surface area contributed by atoms with Gasteiger partial charge in [-0.1, -0.05) is 36.4 Å². The van der Waals surface area contributed by atoms with Crippen molar-refractivity contribution in [3.05, 3.63) is 60.7 Å². The van der Waals surface area contributed by atoms with Crippen molar-refractivity contribution in [3.8, 4) is 11.5 Å². The molecule has 2 unspecified atom stereocenters. The molecule has 8 saturated carbocycles. The van der Waals surface area contributed by atoms with Crippen molar-refractivity contribution in [2.75, 3.05) is 0 Å². The molecule has 2 aromatic rings. The van der Waals surface area contributed by atoms with Crippen molar-refractivity contribution >= 4 is 26.9 Å². The molecule has 0 spiro atoms. The summed E-state index contributed by atoms with van der Waals surface area (Å²) < 4.78 is 38.6. The van der Waals surface area contributed by atoms with E-state index < -0.39 is 15.6 Å². The number of hydrogen-bond donors (Lipinski definition) is 1. The summed E-state index contributed by atoms with van der Waals surface area (Å²) in [7, 11) is -4.12. The lowest BCUT2D eigenvalue weighted by atomic mass is 9.54. The summed E-state index contributed by atoms with van der Waals surface area (Å²) in [5, 5.41) is 10.1. The molecule has 8 bridgehead atoms. The second kappa shape index (κ2) is 12.6. The highest BCUT2D eigenvalue weighted by Gasteiger charge is 2.56. The summed E-state index contributed by atoms with van der Waals surface area (Å²) in [4.78, 5) is 0. The van der Waals surface area contributed by atoms with Crippen molar-refractivity contribution in [2.45, 2.75) is 88.3 Å². The van der Waals surface area contributed by atoms with Gasteiger partial charge in [-0.2, -0.15) is 0 Å². The molecule has 8 aliphatic carbocycles. The maximum Gasteiger partial charge on any atom is 0.750 e. The van der Waals surface area contributed by atoms with Crippen molar-refractivity contribution < 1.29 is 27.8 Å². The molecular weight excluding hydrogens is 578 g/mol. The van der Waals surface area contributed by atoms with Gasteiger partial charge in [0.05, 0.1) is 5.60 Å². The first-order valence-corrected chi connectivity index (χ1v) is 18.4. The van der Waals surface area contributed by atoms with Crippen LogP contribution in [0.4, 0.5) is 0 Å². The van der Waals surface area contributed by atoms with Crippen LogP contribution in [-0.4, -0.2) is 16.3 Å². The van der Waals surface area contributed by atoms with Gasteiger partial charge in [0.1, 0.15) is 5.60 Å². The first-order valence-electron chi connectivity index (χ1n) is 15.2. The largest absolute Gasteiger partial charge is 0.750 e. The van der Waals surface area contributed by atoms with Crippen molar-refractivity contribution in [1.29, 1.82) is 0 Å². The molecule has 6 nitrogen and oxygen atoms in total. The van der Waals surface area contributed by atoms with Gasteiger partial charge in [-0.25, -0.2) is 9.05 Å². The second-order valence-corrected chi connectivity index (χ2v) is 15.8. The third kappa shape index (κ3) is 7.70. The first kappa shape index (κ1) is 29.5. The fraction of sp³-hybridized carbons (Fsp3) is 0.625. The number of aliphatic hydroxyl groups is 1. The van der Waals surface area contributed by atoms with Gasteiger partial charge < -0.3 is 5.11 Å². The zero-order valence-corrected chi connectivity index (χ0v) is 26.0. The van der Waals surface area contributed by atoms with E-state index >= 15 is 0 Å². The van der Waals surface area contributed by atoms with Crippen LogP contribution in [0.15, 0.2) is 60.7 Å². The van der Waals surface area contributed by atoms with E-state index in [0.29, 0.717) is 11.5 Å².